The maximum absolute atomic E-state index is 11.9. The second kappa shape index (κ2) is 7.51. The third-order valence-corrected chi connectivity index (χ3v) is 2.98. The first-order valence-corrected chi connectivity index (χ1v) is 6.44. The standard InChI is InChI=1S/C14H22N2O3/c1-5-10(6-2)15-14(17)16-12-8-7-11(18-3)9-13(12)19-4/h7-10H,5-6H2,1-4H3,(H2,15,16,17). The maximum atomic E-state index is 11.9. The fourth-order valence-electron chi connectivity index (χ4n) is 1.74. The van der Waals surface area contributed by atoms with Gasteiger partial charge >= 0.3 is 6.03 Å². The summed E-state index contributed by atoms with van der Waals surface area (Å²) in [6, 6.07) is 5.22. The maximum Gasteiger partial charge on any atom is 0.319 e. The van der Waals surface area contributed by atoms with E-state index in [0.29, 0.717) is 17.2 Å². The number of amides is 2. The van der Waals surface area contributed by atoms with Gasteiger partial charge in [0.05, 0.1) is 19.9 Å². The second-order valence-corrected chi connectivity index (χ2v) is 4.18. The summed E-state index contributed by atoms with van der Waals surface area (Å²) in [5.41, 5.74) is 0.617. The predicted octanol–water partition coefficient (Wildman–Crippen LogP) is 3.01. The van der Waals surface area contributed by atoms with Crippen LogP contribution in [0.3, 0.4) is 0 Å². The summed E-state index contributed by atoms with van der Waals surface area (Å²) >= 11 is 0. The van der Waals surface area contributed by atoms with Gasteiger partial charge < -0.3 is 20.1 Å². The zero-order chi connectivity index (χ0) is 14.3. The molecule has 0 saturated heterocycles. The topological polar surface area (TPSA) is 59.6 Å². The number of ether oxygens (including phenoxy) is 2. The molecule has 0 aliphatic rings. The average Bonchev–Trinajstić information content (AvgIpc) is 2.45. The van der Waals surface area contributed by atoms with Gasteiger partial charge in [-0.05, 0) is 25.0 Å². The minimum atomic E-state index is -0.225. The SMILES string of the molecule is CCC(CC)NC(=O)Nc1ccc(OC)cc1OC. The summed E-state index contributed by atoms with van der Waals surface area (Å²) < 4.78 is 10.3. The quantitative estimate of drug-likeness (QED) is 0.832. The third kappa shape index (κ3) is 4.35. The molecule has 1 rings (SSSR count). The van der Waals surface area contributed by atoms with E-state index in [9.17, 15) is 4.79 Å². The van der Waals surface area contributed by atoms with Crippen molar-refractivity contribution in [3.63, 3.8) is 0 Å². The van der Waals surface area contributed by atoms with Gasteiger partial charge in [0.25, 0.3) is 0 Å². The van der Waals surface area contributed by atoms with E-state index in [-0.39, 0.29) is 12.1 Å². The van der Waals surface area contributed by atoms with Crippen molar-refractivity contribution in [3.05, 3.63) is 18.2 Å². The number of hydrogen-bond acceptors (Lipinski definition) is 3. The van der Waals surface area contributed by atoms with Crippen LogP contribution >= 0.6 is 0 Å². The Balaban J connectivity index is 2.73. The van der Waals surface area contributed by atoms with Gasteiger partial charge in [0, 0.05) is 12.1 Å². The molecule has 0 bridgehead atoms. The molecule has 1 aromatic carbocycles. The predicted molar refractivity (Wildman–Crippen MR) is 76.1 cm³/mol. The van der Waals surface area contributed by atoms with Crippen LogP contribution in [0.1, 0.15) is 26.7 Å². The zero-order valence-electron chi connectivity index (χ0n) is 11.9. The number of methoxy groups -OCH3 is 2. The van der Waals surface area contributed by atoms with Crippen LogP contribution in [0, 0.1) is 0 Å². The van der Waals surface area contributed by atoms with E-state index in [1.54, 1.807) is 32.4 Å². The average molecular weight is 266 g/mol. The molecule has 0 aromatic heterocycles. The van der Waals surface area contributed by atoms with Gasteiger partial charge in [0.15, 0.2) is 0 Å². The van der Waals surface area contributed by atoms with Crippen LogP contribution in [-0.2, 0) is 0 Å². The molecule has 2 N–H and O–H groups in total. The summed E-state index contributed by atoms with van der Waals surface area (Å²) in [4.78, 5) is 11.9. The Morgan fingerprint density at radius 2 is 1.89 bits per heavy atom. The first-order chi connectivity index (χ1) is 9.14. The first kappa shape index (κ1) is 15.1. The summed E-state index contributed by atoms with van der Waals surface area (Å²) in [6.45, 7) is 4.09. The smallest absolute Gasteiger partial charge is 0.319 e. The Hall–Kier alpha value is -1.91. The van der Waals surface area contributed by atoms with Gasteiger partial charge in [0.2, 0.25) is 0 Å². The number of anilines is 1. The highest BCUT2D eigenvalue weighted by molar-refractivity contribution is 5.91. The van der Waals surface area contributed by atoms with Crippen molar-refractivity contribution in [2.24, 2.45) is 0 Å². The Morgan fingerprint density at radius 3 is 2.42 bits per heavy atom. The number of rotatable bonds is 6. The summed E-state index contributed by atoms with van der Waals surface area (Å²) in [7, 11) is 3.14. The molecular formula is C14H22N2O3. The molecule has 0 fully saturated rings. The van der Waals surface area contributed by atoms with Crippen LogP contribution in [0.5, 0.6) is 11.5 Å². The molecule has 5 heteroatoms. The van der Waals surface area contributed by atoms with E-state index in [1.807, 2.05) is 13.8 Å². The Labute approximate surface area is 114 Å². The van der Waals surface area contributed by atoms with Gasteiger partial charge in [0.1, 0.15) is 11.5 Å². The van der Waals surface area contributed by atoms with Crippen LogP contribution in [0.4, 0.5) is 10.5 Å². The number of hydrogen-bond donors (Lipinski definition) is 2. The van der Waals surface area contributed by atoms with E-state index < -0.39 is 0 Å². The highest BCUT2D eigenvalue weighted by atomic mass is 16.5. The molecule has 0 heterocycles. The molecule has 0 unspecified atom stereocenters. The minimum absolute atomic E-state index is 0.184. The van der Waals surface area contributed by atoms with Crippen molar-refractivity contribution in [1.82, 2.24) is 5.32 Å². The lowest BCUT2D eigenvalue weighted by Crippen LogP contribution is -2.37. The van der Waals surface area contributed by atoms with Crippen molar-refractivity contribution in [2.45, 2.75) is 32.7 Å². The lowest BCUT2D eigenvalue weighted by Gasteiger charge is -2.16. The second-order valence-electron chi connectivity index (χ2n) is 4.18. The summed E-state index contributed by atoms with van der Waals surface area (Å²) in [6.07, 6.45) is 1.81. The van der Waals surface area contributed by atoms with Crippen molar-refractivity contribution < 1.29 is 14.3 Å². The van der Waals surface area contributed by atoms with Crippen LogP contribution in [0.2, 0.25) is 0 Å². The van der Waals surface area contributed by atoms with Crippen LogP contribution in [0.15, 0.2) is 18.2 Å². The molecule has 0 radical (unpaired) electrons. The fourth-order valence-corrected chi connectivity index (χ4v) is 1.74. The molecule has 19 heavy (non-hydrogen) atoms. The molecule has 0 spiro atoms. The van der Waals surface area contributed by atoms with Gasteiger partial charge in [-0.3, -0.25) is 0 Å². The first-order valence-electron chi connectivity index (χ1n) is 6.44. The molecular weight excluding hydrogens is 244 g/mol. The molecule has 2 amide bonds. The van der Waals surface area contributed by atoms with E-state index in [4.69, 9.17) is 9.47 Å². The van der Waals surface area contributed by atoms with Crippen LogP contribution in [0.25, 0.3) is 0 Å². The summed E-state index contributed by atoms with van der Waals surface area (Å²) in [5.74, 6) is 1.25. The highest BCUT2D eigenvalue weighted by Gasteiger charge is 2.11. The molecule has 1 aromatic rings. The zero-order valence-corrected chi connectivity index (χ0v) is 11.9. The molecule has 0 aliphatic carbocycles. The molecule has 106 valence electrons. The number of carbonyl (C=O) groups is 1. The van der Waals surface area contributed by atoms with Crippen molar-refractivity contribution in [2.75, 3.05) is 19.5 Å². The Bertz CT molecular complexity index is 417. The third-order valence-electron chi connectivity index (χ3n) is 2.98. The number of carbonyl (C=O) groups excluding carboxylic acids is 1. The van der Waals surface area contributed by atoms with Crippen LogP contribution in [-0.4, -0.2) is 26.3 Å². The molecule has 0 aliphatic heterocycles. The fraction of sp³-hybridized carbons (Fsp3) is 0.500. The van der Waals surface area contributed by atoms with E-state index >= 15 is 0 Å². The van der Waals surface area contributed by atoms with E-state index in [0.717, 1.165) is 12.8 Å². The van der Waals surface area contributed by atoms with Crippen molar-refractivity contribution >= 4 is 11.7 Å². The number of urea groups is 1. The largest absolute Gasteiger partial charge is 0.497 e. The lowest BCUT2D eigenvalue weighted by atomic mass is 10.2. The van der Waals surface area contributed by atoms with Crippen LogP contribution < -0.4 is 20.1 Å². The summed E-state index contributed by atoms with van der Waals surface area (Å²) in [5, 5.41) is 5.69. The van der Waals surface area contributed by atoms with Crippen molar-refractivity contribution in [3.8, 4) is 11.5 Å². The van der Waals surface area contributed by atoms with Gasteiger partial charge in [-0.2, -0.15) is 0 Å². The molecule has 0 atom stereocenters. The monoisotopic (exact) mass is 266 g/mol. The Morgan fingerprint density at radius 1 is 1.21 bits per heavy atom. The van der Waals surface area contributed by atoms with E-state index in [2.05, 4.69) is 10.6 Å². The lowest BCUT2D eigenvalue weighted by molar-refractivity contribution is 0.247. The van der Waals surface area contributed by atoms with E-state index in [1.165, 1.54) is 0 Å². The van der Waals surface area contributed by atoms with Gasteiger partial charge in [-0.1, -0.05) is 13.8 Å². The highest BCUT2D eigenvalue weighted by Crippen LogP contribution is 2.28. The van der Waals surface area contributed by atoms with Gasteiger partial charge in [-0.15, -0.1) is 0 Å². The number of benzene rings is 1. The normalized spacial score (nSPS) is 10.2. The van der Waals surface area contributed by atoms with Crippen molar-refractivity contribution in [1.29, 1.82) is 0 Å². The Kier molecular flexibility index (Phi) is 5.99. The molecule has 0 saturated carbocycles. The number of nitrogens with one attached hydrogen (secondary N) is 2. The van der Waals surface area contributed by atoms with Gasteiger partial charge in [-0.25, -0.2) is 4.79 Å². The minimum Gasteiger partial charge on any atom is -0.497 e. The molecule has 5 nitrogen and oxygen atoms in total.